The number of methoxy groups -OCH3 is 1. The van der Waals surface area contributed by atoms with E-state index in [4.69, 9.17) is 15.7 Å². The van der Waals surface area contributed by atoms with Crippen LogP contribution in [0.4, 0.5) is 4.39 Å². The van der Waals surface area contributed by atoms with Crippen molar-refractivity contribution in [3.05, 3.63) is 24.0 Å². The first-order valence-corrected chi connectivity index (χ1v) is 6.40. The van der Waals surface area contributed by atoms with Crippen LogP contribution in [0.25, 0.3) is 11.4 Å². The molecule has 20 heavy (non-hydrogen) atoms. The van der Waals surface area contributed by atoms with E-state index in [9.17, 15) is 9.18 Å². The number of aromatic nitrogens is 3. The predicted octanol–water partition coefficient (Wildman–Crippen LogP) is 0.983. The number of carboxylic acid groups (broad SMARTS) is 1. The first-order valence-electron chi connectivity index (χ1n) is 5.42. The number of aliphatic carboxylic acids is 1. The number of nitrogens with two attached hydrogens (primary N) is 1. The molecule has 0 saturated carbocycles. The fraction of sp³-hybridized carbons (Fsp3) is 0.182. The molecule has 0 aliphatic carbocycles. The molecule has 0 saturated heterocycles. The van der Waals surface area contributed by atoms with Gasteiger partial charge in [0.25, 0.3) is 0 Å². The van der Waals surface area contributed by atoms with E-state index >= 15 is 0 Å². The average molecular weight is 298 g/mol. The van der Waals surface area contributed by atoms with Crippen LogP contribution in [-0.4, -0.2) is 38.8 Å². The fourth-order valence-corrected chi connectivity index (χ4v) is 2.08. The van der Waals surface area contributed by atoms with E-state index in [2.05, 4.69) is 10.2 Å². The lowest BCUT2D eigenvalue weighted by Gasteiger charge is -2.05. The predicted molar refractivity (Wildman–Crippen MR) is 70.5 cm³/mol. The molecule has 0 unspecified atom stereocenters. The van der Waals surface area contributed by atoms with Gasteiger partial charge in [-0.2, -0.15) is 0 Å². The topological polar surface area (TPSA) is 103 Å². The maximum Gasteiger partial charge on any atom is 0.313 e. The second-order valence-electron chi connectivity index (χ2n) is 3.71. The first-order chi connectivity index (χ1) is 9.52. The molecule has 0 aliphatic rings. The summed E-state index contributed by atoms with van der Waals surface area (Å²) >= 11 is 0.929. The molecule has 2 rings (SSSR count). The molecule has 0 aliphatic heterocycles. The van der Waals surface area contributed by atoms with E-state index in [1.165, 1.54) is 19.2 Å². The van der Waals surface area contributed by atoms with Gasteiger partial charge < -0.3 is 15.7 Å². The van der Waals surface area contributed by atoms with Crippen LogP contribution in [0.15, 0.2) is 23.4 Å². The van der Waals surface area contributed by atoms with Crippen molar-refractivity contribution in [1.29, 1.82) is 0 Å². The fourth-order valence-electron chi connectivity index (χ4n) is 1.50. The summed E-state index contributed by atoms with van der Waals surface area (Å²) in [5.74, 6) is 4.38. The normalized spacial score (nSPS) is 10.5. The van der Waals surface area contributed by atoms with Crippen LogP contribution >= 0.6 is 11.8 Å². The van der Waals surface area contributed by atoms with E-state index in [0.29, 0.717) is 5.56 Å². The Bertz CT molecular complexity index is 647. The molecule has 7 nitrogen and oxygen atoms in total. The number of carbonyl (C=O) groups is 1. The highest BCUT2D eigenvalue weighted by molar-refractivity contribution is 7.99. The van der Waals surface area contributed by atoms with Crippen molar-refractivity contribution in [2.75, 3.05) is 18.7 Å². The van der Waals surface area contributed by atoms with Gasteiger partial charge in [0.1, 0.15) is 0 Å². The number of benzene rings is 1. The van der Waals surface area contributed by atoms with Gasteiger partial charge in [0.2, 0.25) is 5.16 Å². The molecule has 0 atom stereocenters. The molecule has 1 aromatic heterocycles. The van der Waals surface area contributed by atoms with Crippen LogP contribution in [0.5, 0.6) is 5.75 Å². The van der Waals surface area contributed by atoms with Crippen LogP contribution < -0.4 is 10.6 Å². The van der Waals surface area contributed by atoms with E-state index < -0.39 is 11.8 Å². The van der Waals surface area contributed by atoms with Gasteiger partial charge in [-0.1, -0.05) is 11.8 Å². The molecule has 106 valence electrons. The third kappa shape index (κ3) is 2.82. The highest BCUT2D eigenvalue weighted by Crippen LogP contribution is 2.25. The zero-order chi connectivity index (χ0) is 14.7. The van der Waals surface area contributed by atoms with Crippen LogP contribution in [0.3, 0.4) is 0 Å². The Hall–Kier alpha value is -2.29. The van der Waals surface area contributed by atoms with E-state index in [1.807, 2.05) is 0 Å². The molecule has 2 aromatic rings. The van der Waals surface area contributed by atoms with Gasteiger partial charge in [0.05, 0.1) is 12.9 Å². The van der Waals surface area contributed by atoms with Crippen LogP contribution in [0, 0.1) is 5.82 Å². The number of nitrogen functional groups attached to an aromatic ring is 1. The minimum absolute atomic E-state index is 0.109. The molecule has 0 radical (unpaired) electrons. The van der Waals surface area contributed by atoms with Gasteiger partial charge in [-0.3, -0.25) is 4.79 Å². The average Bonchev–Trinajstić information content (AvgIpc) is 2.77. The third-order valence-electron chi connectivity index (χ3n) is 2.40. The minimum Gasteiger partial charge on any atom is -0.494 e. The zero-order valence-corrected chi connectivity index (χ0v) is 11.2. The first kappa shape index (κ1) is 14.1. The molecular weight excluding hydrogens is 287 g/mol. The number of halogens is 1. The summed E-state index contributed by atoms with van der Waals surface area (Å²) in [6, 6.07) is 4.25. The van der Waals surface area contributed by atoms with E-state index in [0.717, 1.165) is 16.4 Å². The standard InChI is InChI=1S/C11H11FN4O3S/c1-19-8-3-2-6(4-7(8)12)10-14-15-11(16(10)13)20-5-9(17)18/h2-4H,5,13H2,1H3,(H,17,18). The lowest BCUT2D eigenvalue weighted by molar-refractivity contribution is -0.133. The monoisotopic (exact) mass is 298 g/mol. The largest absolute Gasteiger partial charge is 0.494 e. The number of ether oxygens (including phenoxy) is 1. The summed E-state index contributed by atoms with van der Waals surface area (Å²) in [6.45, 7) is 0. The Labute approximate surface area is 117 Å². The summed E-state index contributed by atoms with van der Waals surface area (Å²) in [5, 5.41) is 16.4. The van der Waals surface area contributed by atoms with Gasteiger partial charge in [-0.05, 0) is 18.2 Å². The number of hydrogen-bond donors (Lipinski definition) is 2. The van der Waals surface area contributed by atoms with Crippen molar-refractivity contribution in [3.8, 4) is 17.1 Å². The SMILES string of the molecule is COc1ccc(-c2nnc(SCC(=O)O)n2N)cc1F. The summed E-state index contributed by atoms with van der Waals surface area (Å²) in [6.07, 6.45) is 0. The van der Waals surface area contributed by atoms with Gasteiger partial charge in [-0.25, -0.2) is 9.07 Å². The number of rotatable bonds is 5. The van der Waals surface area contributed by atoms with Crippen molar-refractivity contribution < 1.29 is 19.0 Å². The zero-order valence-electron chi connectivity index (χ0n) is 10.4. The second-order valence-corrected chi connectivity index (χ2v) is 4.65. The summed E-state index contributed by atoms with van der Waals surface area (Å²) in [7, 11) is 1.37. The van der Waals surface area contributed by atoms with Crippen molar-refractivity contribution in [2.24, 2.45) is 0 Å². The number of nitrogens with zero attached hydrogens (tertiary/aromatic N) is 3. The Morgan fingerprint density at radius 3 is 2.90 bits per heavy atom. The number of hydrogen-bond acceptors (Lipinski definition) is 6. The van der Waals surface area contributed by atoms with Gasteiger partial charge in [0.15, 0.2) is 17.4 Å². The molecule has 3 N–H and O–H groups in total. The van der Waals surface area contributed by atoms with Crippen molar-refractivity contribution in [3.63, 3.8) is 0 Å². The summed E-state index contributed by atoms with van der Waals surface area (Å²) in [4.78, 5) is 10.5. The Morgan fingerprint density at radius 2 is 2.30 bits per heavy atom. The smallest absolute Gasteiger partial charge is 0.313 e. The van der Waals surface area contributed by atoms with Crippen LogP contribution in [0.2, 0.25) is 0 Å². The van der Waals surface area contributed by atoms with Crippen molar-refractivity contribution in [2.45, 2.75) is 5.16 Å². The highest BCUT2D eigenvalue weighted by atomic mass is 32.2. The number of thioether (sulfide) groups is 1. The van der Waals surface area contributed by atoms with Crippen molar-refractivity contribution in [1.82, 2.24) is 14.9 Å². The number of carboxylic acids is 1. The van der Waals surface area contributed by atoms with E-state index in [1.54, 1.807) is 6.07 Å². The molecule has 9 heteroatoms. The lowest BCUT2D eigenvalue weighted by atomic mass is 10.2. The van der Waals surface area contributed by atoms with Crippen molar-refractivity contribution >= 4 is 17.7 Å². The molecule has 0 spiro atoms. The Kier molecular flexibility index (Phi) is 4.08. The van der Waals surface area contributed by atoms with Crippen LogP contribution in [0.1, 0.15) is 0 Å². The maximum atomic E-state index is 13.6. The molecule has 1 aromatic carbocycles. The molecule has 0 amide bonds. The Morgan fingerprint density at radius 1 is 1.55 bits per heavy atom. The molecule has 0 fully saturated rings. The minimum atomic E-state index is -0.991. The van der Waals surface area contributed by atoms with Crippen LogP contribution in [-0.2, 0) is 4.79 Å². The Balaban J connectivity index is 2.29. The van der Waals surface area contributed by atoms with Gasteiger partial charge >= 0.3 is 5.97 Å². The third-order valence-corrected chi connectivity index (χ3v) is 3.33. The quantitative estimate of drug-likeness (QED) is 0.626. The second kappa shape index (κ2) is 5.78. The van der Waals surface area contributed by atoms with Gasteiger partial charge in [0, 0.05) is 5.56 Å². The summed E-state index contributed by atoms with van der Waals surface area (Å²) in [5.41, 5.74) is 0.417. The lowest BCUT2D eigenvalue weighted by Crippen LogP contribution is -2.12. The summed E-state index contributed by atoms with van der Waals surface area (Å²) < 4.78 is 19.6. The highest BCUT2D eigenvalue weighted by Gasteiger charge is 2.15. The maximum absolute atomic E-state index is 13.6. The van der Waals surface area contributed by atoms with Gasteiger partial charge in [-0.15, -0.1) is 10.2 Å². The van der Waals surface area contributed by atoms with E-state index in [-0.39, 0.29) is 22.5 Å². The molecular formula is C11H11FN4O3S. The molecule has 1 heterocycles. The molecule has 0 bridgehead atoms.